The first kappa shape index (κ1) is 15.1. The van der Waals surface area contributed by atoms with Crippen LogP contribution < -0.4 is 5.56 Å². The minimum Gasteiger partial charge on any atom is -0.293 e. The molecule has 0 N–H and O–H groups in total. The smallest absolute Gasteiger partial charge is 0.263 e. The third-order valence-corrected chi connectivity index (χ3v) is 4.91. The molecule has 3 aromatic heterocycles. The monoisotopic (exact) mass is 353 g/mol. The van der Waals surface area contributed by atoms with E-state index in [2.05, 4.69) is 9.97 Å². The molecule has 6 heteroatoms. The van der Waals surface area contributed by atoms with Crippen molar-refractivity contribution in [1.29, 1.82) is 0 Å². The van der Waals surface area contributed by atoms with Gasteiger partial charge in [0.2, 0.25) is 0 Å². The summed E-state index contributed by atoms with van der Waals surface area (Å²) in [6.45, 7) is 0.401. The maximum atomic E-state index is 12.9. The van der Waals surface area contributed by atoms with Crippen molar-refractivity contribution in [2.24, 2.45) is 0 Å². The van der Waals surface area contributed by atoms with Gasteiger partial charge in [0.05, 0.1) is 24.0 Å². The van der Waals surface area contributed by atoms with Gasteiger partial charge in [-0.25, -0.2) is 4.98 Å². The van der Waals surface area contributed by atoms with Crippen LogP contribution in [-0.2, 0) is 6.54 Å². The fourth-order valence-corrected chi connectivity index (χ4v) is 3.62. The molecule has 0 aliphatic carbocycles. The summed E-state index contributed by atoms with van der Waals surface area (Å²) in [6, 6.07) is 13.1. The Labute approximate surface area is 147 Å². The number of nitrogens with zero attached hydrogens (tertiary/aromatic N) is 3. The van der Waals surface area contributed by atoms with Crippen molar-refractivity contribution >= 4 is 33.2 Å². The van der Waals surface area contributed by atoms with Gasteiger partial charge in [-0.3, -0.25) is 14.3 Å². The minimum atomic E-state index is -0.0585. The third kappa shape index (κ3) is 2.72. The van der Waals surface area contributed by atoms with Crippen LogP contribution in [0.5, 0.6) is 0 Å². The van der Waals surface area contributed by atoms with Gasteiger partial charge in [-0.15, -0.1) is 11.3 Å². The molecule has 0 radical (unpaired) electrons. The van der Waals surface area contributed by atoms with E-state index in [1.54, 1.807) is 17.1 Å². The number of aromatic nitrogens is 3. The number of fused-ring (bicyclic) bond motifs is 1. The SMILES string of the molecule is O=c1c2c(-c3ccc(Cl)cc3)csc2ncn1Cc1ccccn1. The first-order chi connectivity index (χ1) is 11.7. The lowest BCUT2D eigenvalue weighted by atomic mass is 10.1. The summed E-state index contributed by atoms with van der Waals surface area (Å²) < 4.78 is 1.59. The summed E-state index contributed by atoms with van der Waals surface area (Å²) >= 11 is 7.42. The standard InChI is InChI=1S/C18H12ClN3OS/c19-13-6-4-12(5-7-13)15-10-24-17-16(15)18(23)22(11-21-17)9-14-3-1-2-8-20-14/h1-8,10-11H,9H2. The van der Waals surface area contributed by atoms with Crippen molar-refractivity contribution in [1.82, 2.24) is 14.5 Å². The highest BCUT2D eigenvalue weighted by Gasteiger charge is 2.13. The van der Waals surface area contributed by atoms with Gasteiger partial charge in [-0.1, -0.05) is 29.8 Å². The second kappa shape index (κ2) is 6.19. The molecule has 4 aromatic rings. The first-order valence-corrected chi connectivity index (χ1v) is 8.60. The van der Waals surface area contributed by atoms with Crippen LogP contribution in [0.1, 0.15) is 5.69 Å². The number of thiophene rings is 1. The van der Waals surface area contributed by atoms with E-state index in [1.165, 1.54) is 11.3 Å². The van der Waals surface area contributed by atoms with Crippen LogP contribution in [-0.4, -0.2) is 14.5 Å². The van der Waals surface area contributed by atoms with Crippen LogP contribution in [0.4, 0.5) is 0 Å². The zero-order chi connectivity index (χ0) is 16.5. The lowest BCUT2D eigenvalue weighted by Gasteiger charge is -2.06. The quantitative estimate of drug-likeness (QED) is 0.554. The van der Waals surface area contributed by atoms with E-state index in [9.17, 15) is 4.79 Å². The number of benzene rings is 1. The Morgan fingerprint density at radius 2 is 1.92 bits per heavy atom. The molecule has 0 unspecified atom stereocenters. The van der Waals surface area contributed by atoms with Crippen LogP contribution in [0, 0.1) is 0 Å². The van der Waals surface area contributed by atoms with Gasteiger partial charge in [0.15, 0.2) is 0 Å². The van der Waals surface area contributed by atoms with Gasteiger partial charge in [-0.05, 0) is 29.8 Å². The largest absolute Gasteiger partial charge is 0.293 e. The van der Waals surface area contributed by atoms with Crippen LogP contribution in [0.2, 0.25) is 5.02 Å². The lowest BCUT2D eigenvalue weighted by molar-refractivity contribution is 0.731. The molecule has 118 valence electrons. The molecular weight excluding hydrogens is 342 g/mol. The molecule has 0 aliphatic heterocycles. The first-order valence-electron chi connectivity index (χ1n) is 7.35. The van der Waals surface area contributed by atoms with Crippen LogP contribution >= 0.6 is 22.9 Å². The second-order valence-electron chi connectivity index (χ2n) is 5.34. The molecule has 0 bridgehead atoms. The van der Waals surface area contributed by atoms with Gasteiger partial charge in [0, 0.05) is 22.2 Å². The normalized spacial score (nSPS) is 11.0. The van der Waals surface area contributed by atoms with E-state index < -0.39 is 0 Å². The van der Waals surface area contributed by atoms with E-state index in [1.807, 2.05) is 47.8 Å². The molecule has 4 nitrogen and oxygen atoms in total. The van der Waals surface area contributed by atoms with Gasteiger partial charge in [0.1, 0.15) is 4.83 Å². The summed E-state index contributed by atoms with van der Waals surface area (Å²) in [6.07, 6.45) is 3.30. The van der Waals surface area contributed by atoms with Crippen molar-refractivity contribution in [3.8, 4) is 11.1 Å². The van der Waals surface area contributed by atoms with E-state index in [-0.39, 0.29) is 5.56 Å². The minimum absolute atomic E-state index is 0.0585. The second-order valence-corrected chi connectivity index (χ2v) is 6.63. The highest BCUT2D eigenvalue weighted by atomic mass is 35.5. The van der Waals surface area contributed by atoms with E-state index in [4.69, 9.17) is 11.6 Å². The fraction of sp³-hybridized carbons (Fsp3) is 0.0556. The predicted octanol–water partition coefficient (Wildman–Crippen LogP) is 4.22. The zero-order valence-electron chi connectivity index (χ0n) is 12.5. The molecule has 0 spiro atoms. The molecule has 4 rings (SSSR count). The molecule has 0 saturated heterocycles. The van der Waals surface area contributed by atoms with Crippen molar-refractivity contribution in [2.45, 2.75) is 6.54 Å². The molecule has 0 fully saturated rings. The summed E-state index contributed by atoms with van der Waals surface area (Å²) in [7, 11) is 0. The van der Waals surface area contributed by atoms with Crippen molar-refractivity contribution in [3.63, 3.8) is 0 Å². The number of halogens is 1. The van der Waals surface area contributed by atoms with E-state index in [0.29, 0.717) is 17.0 Å². The lowest BCUT2D eigenvalue weighted by Crippen LogP contribution is -2.21. The molecule has 0 amide bonds. The molecular formula is C18H12ClN3OS. The predicted molar refractivity (Wildman–Crippen MR) is 97.7 cm³/mol. The van der Waals surface area contributed by atoms with Gasteiger partial charge >= 0.3 is 0 Å². The zero-order valence-corrected chi connectivity index (χ0v) is 14.1. The summed E-state index contributed by atoms with van der Waals surface area (Å²) in [5.41, 5.74) is 2.61. The van der Waals surface area contributed by atoms with Gasteiger partial charge in [0.25, 0.3) is 5.56 Å². The molecule has 1 aromatic carbocycles. The molecule has 3 heterocycles. The average Bonchev–Trinajstić information content (AvgIpc) is 3.04. The summed E-state index contributed by atoms with van der Waals surface area (Å²) in [5.74, 6) is 0. The van der Waals surface area contributed by atoms with Crippen LogP contribution in [0.15, 0.2) is 65.2 Å². The molecule has 0 atom stereocenters. The number of hydrogen-bond donors (Lipinski definition) is 0. The molecule has 24 heavy (non-hydrogen) atoms. The van der Waals surface area contributed by atoms with Crippen molar-refractivity contribution in [2.75, 3.05) is 0 Å². The Morgan fingerprint density at radius 1 is 1.08 bits per heavy atom. The number of pyridine rings is 1. The van der Waals surface area contributed by atoms with Gasteiger partial charge in [-0.2, -0.15) is 0 Å². The fourth-order valence-electron chi connectivity index (χ4n) is 2.59. The van der Waals surface area contributed by atoms with E-state index >= 15 is 0 Å². The Balaban J connectivity index is 1.84. The Hall–Kier alpha value is -2.50. The Morgan fingerprint density at radius 3 is 2.67 bits per heavy atom. The highest BCUT2D eigenvalue weighted by molar-refractivity contribution is 7.17. The van der Waals surface area contributed by atoms with Crippen LogP contribution in [0.3, 0.4) is 0 Å². The number of hydrogen-bond acceptors (Lipinski definition) is 4. The van der Waals surface area contributed by atoms with E-state index in [0.717, 1.165) is 21.7 Å². The van der Waals surface area contributed by atoms with Crippen molar-refractivity contribution < 1.29 is 0 Å². The maximum Gasteiger partial charge on any atom is 0.263 e. The van der Waals surface area contributed by atoms with Gasteiger partial charge < -0.3 is 0 Å². The summed E-state index contributed by atoms with van der Waals surface area (Å²) in [5, 5.41) is 3.28. The molecule has 0 saturated carbocycles. The Kier molecular flexibility index (Phi) is 3.88. The maximum absolute atomic E-state index is 12.9. The van der Waals surface area contributed by atoms with Crippen LogP contribution in [0.25, 0.3) is 21.3 Å². The number of rotatable bonds is 3. The van der Waals surface area contributed by atoms with Crippen molar-refractivity contribution in [3.05, 3.63) is 81.4 Å². The Bertz CT molecular complexity index is 1060. The average molecular weight is 354 g/mol. The topological polar surface area (TPSA) is 47.8 Å². The molecule has 0 aliphatic rings. The third-order valence-electron chi connectivity index (χ3n) is 3.77. The highest BCUT2D eigenvalue weighted by Crippen LogP contribution is 2.31. The summed E-state index contributed by atoms with van der Waals surface area (Å²) in [4.78, 5) is 22.4.